The lowest BCUT2D eigenvalue weighted by molar-refractivity contribution is 0.0614. The fourth-order valence-electron chi connectivity index (χ4n) is 3.69. The second-order valence-electron chi connectivity index (χ2n) is 7.31. The van der Waals surface area contributed by atoms with E-state index in [4.69, 9.17) is 0 Å². The van der Waals surface area contributed by atoms with Gasteiger partial charge in [-0.2, -0.15) is 0 Å². The molecule has 2 heterocycles. The molecule has 1 aliphatic rings. The molecular weight excluding hydrogens is 340 g/mol. The van der Waals surface area contributed by atoms with Crippen LogP contribution in [0.2, 0.25) is 0 Å². The zero-order chi connectivity index (χ0) is 19.2. The second kappa shape index (κ2) is 8.95. The van der Waals surface area contributed by atoms with Crippen molar-refractivity contribution in [3.8, 4) is 0 Å². The predicted octanol–water partition coefficient (Wildman–Crippen LogP) is 2.25. The first-order valence-electron chi connectivity index (χ1n) is 9.64. The molecule has 27 heavy (non-hydrogen) atoms. The number of aromatic nitrogens is 2. The highest BCUT2D eigenvalue weighted by atomic mass is 16.2. The molecule has 0 unspecified atom stereocenters. The van der Waals surface area contributed by atoms with E-state index in [1.165, 1.54) is 11.8 Å². The topological polar surface area (TPSA) is 69.3 Å². The Bertz CT molecular complexity index is 818. The molecule has 1 N–H and O–H groups in total. The molecule has 0 aliphatic carbocycles. The third-order valence-corrected chi connectivity index (χ3v) is 5.29. The highest BCUT2D eigenvalue weighted by Gasteiger charge is 2.27. The fourth-order valence-corrected chi connectivity index (χ4v) is 3.69. The van der Waals surface area contributed by atoms with Crippen molar-refractivity contribution in [2.45, 2.75) is 38.6 Å². The number of likely N-dealkylation sites (N-methyl/N-ethyl adjacent to an activating group) is 1. The van der Waals surface area contributed by atoms with Crippen LogP contribution in [0.3, 0.4) is 0 Å². The van der Waals surface area contributed by atoms with Crippen LogP contribution in [0.4, 0.5) is 0 Å². The molecule has 1 saturated heterocycles. The lowest BCUT2D eigenvalue weighted by Gasteiger charge is -2.37. The number of nitrogens with zero attached hydrogens (tertiary/aromatic N) is 3. The SMILES string of the molecule is Cc1ncc(C(=O)N(C)[C@H]2CCCN(CCCc3ccccc3)C2)c(=O)[nH]1. The second-order valence-corrected chi connectivity index (χ2v) is 7.31. The molecule has 6 nitrogen and oxygen atoms in total. The quantitative estimate of drug-likeness (QED) is 0.849. The number of benzene rings is 1. The monoisotopic (exact) mass is 368 g/mol. The van der Waals surface area contributed by atoms with Crippen LogP contribution in [0.25, 0.3) is 0 Å². The van der Waals surface area contributed by atoms with Crippen LogP contribution in [0, 0.1) is 6.92 Å². The van der Waals surface area contributed by atoms with Gasteiger partial charge in [0.05, 0.1) is 0 Å². The normalized spacial score (nSPS) is 17.6. The van der Waals surface area contributed by atoms with E-state index < -0.39 is 0 Å². The van der Waals surface area contributed by atoms with Crippen LogP contribution in [0.5, 0.6) is 0 Å². The van der Waals surface area contributed by atoms with Crippen molar-refractivity contribution >= 4 is 5.91 Å². The summed E-state index contributed by atoms with van der Waals surface area (Å²) in [5.41, 5.74) is 1.11. The van der Waals surface area contributed by atoms with Gasteiger partial charge >= 0.3 is 0 Å². The summed E-state index contributed by atoms with van der Waals surface area (Å²) in [5.74, 6) is 0.265. The van der Waals surface area contributed by atoms with Gasteiger partial charge in [0.15, 0.2) is 0 Å². The van der Waals surface area contributed by atoms with Crippen molar-refractivity contribution in [3.05, 3.63) is 63.8 Å². The Morgan fingerprint density at radius 3 is 2.85 bits per heavy atom. The Labute approximate surface area is 160 Å². The minimum absolute atomic E-state index is 0.115. The summed E-state index contributed by atoms with van der Waals surface area (Å²) >= 11 is 0. The molecule has 2 aromatic rings. The Balaban J connectivity index is 1.55. The summed E-state index contributed by atoms with van der Waals surface area (Å²) in [6, 6.07) is 10.7. The molecular formula is C21H28N4O2. The van der Waals surface area contributed by atoms with Gasteiger partial charge in [0.25, 0.3) is 11.5 Å². The van der Waals surface area contributed by atoms with Crippen molar-refractivity contribution in [3.63, 3.8) is 0 Å². The number of H-pyrrole nitrogens is 1. The van der Waals surface area contributed by atoms with E-state index in [-0.39, 0.29) is 23.1 Å². The van der Waals surface area contributed by atoms with Crippen molar-refractivity contribution in [2.24, 2.45) is 0 Å². The molecule has 0 saturated carbocycles. The maximum absolute atomic E-state index is 12.7. The Kier molecular flexibility index (Phi) is 6.40. The molecule has 1 atom stereocenters. The van der Waals surface area contributed by atoms with Crippen LogP contribution in [-0.2, 0) is 6.42 Å². The predicted molar refractivity (Wildman–Crippen MR) is 106 cm³/mol. The van der Waals surface area contributed by atoms with Crippen molar-refractivity contribution in [1.29, 1.82) is 0 Å². The summed E-state index contributed by atoms with van der Waals surface area (Å²) in [5, 5.41) is 0. The number of nitrogens with one attached hydrogen (secondary N) is 1. The summed E-state index contributed by atoms with van der Waals surface area (Å²) in [4.78, 5) is 35.6. The Morgan fingerprint density at radius 1 is 1.33 bits per heavy atom. The summed E-state index contributed by atoms with van der Waals surface area (Å²) in [7, 11) is 1.79. The zero-order valence-electron chi connectivity index (χ0n) is 16.1. The molecule has 144 valence electrons. The number of piperidine rings is 1. The van der Waals surface area contributed by atoms with Gasteiger partial charge in [-0.05, 0) is 51.3 Å². The van der Waals surface area contributed by atoms with E-state index in [1.54, 1.807) is 18.9 Å². The number of rotatable bonds is 6. The average Bonchev–Trinajstić information content (AvgIpc) is 2.68. The van der Waals surface area contributed by atoms with Gasteiger partial charge in [0.1, 0.15) is 11.4 Å². The standard InChI is InChI=1S/C21H28N4O2/c1-16-22-14-19(20(26)23-16)21(27)24(2)18-11-7-13-25(15-18)12-6-10-17-8-4-3-5-9-17/h3-5,8-9,14,18H,6-7,10-13,15H2,1-2H3,(H,22,23,26)/t18-/m0/s1. The third kappa shape index (κ3) is 5.04. The number of hydrogen-bond donors (Lipinski definition) is 1. The molecule has 1 aromatic carbocycles. The van der Waals surface area contributed by atoms with Crippen molar-refractivity contribution in [1.82, 2.24) is 19.8 Å². The minimum Gasteiger partial charge on any atom is -0.337 e. The smallest absolute Gasteiger partial charge is 0.263 e. The van der Waals surface area contributed by atoms with Crippen LogP contribution in [0.1, 0.15) is 41.0 Å². The summed E-state index contributed by atoms with van der Waals surface area (Å²) in [6.07, 6.45) is 5.59. The number of carbonyl (C=O) groups excluding carboxylic acids is 1. The van der Waals surface area contributed by atoms with Gasteiger partial charge < -0.3 is 14.8 Å². The summed E-state index contributed by atoms with van der Waals surface area (Å²) in [6.45, 7) is 4.65. The van der Waals surface area contributed by atoms with Crippen molar-refractivity contribution in [2.75, 3.05) is 26.7 Å². The molecule has 3 rings (SSSR count). The molecule has 1 fully saturated rings. The Hall–Kier alpha value is -2.47. The van der Waals surface area contributed by atoms with Gasteiger partial charge in [-0.1, -0.05) is 30.3 Å². The van der Waals surface area contributed by atoms with Crippen LogP contribution < -0.4 is 5.56 Å². The first-order chi connectivity index (χ1) is 13.0. The molecule has 1 aromatic heterocycles. The first kappa shape index (κ1) is 19.3. The van der Waals surface area contributed by atoms with E-state index in [1.807, 2.05) is 6.07 Å². The molecule has 0 spiro atoms. The highest BCUT2D eigenvalue weighted by molar-refractivity contribution is 5.93. The zero-order valence-corrected chi connectivity index (χ0v) is 16.1. The lowest BCUT2D eigenvalue weighted by Crippen LogP contribution is -2.49. The van der Waals surface area contributed by atoms with Crippen LogP contribution in [-0.4, -0.2) is 58.4 Å². The largest absolute Gasteiger partial charge is 0.337 e. The summed E-state index contributed by atoms with van der Waals surface area (Å²) < 4.78 is 0. The first-order valence-corrected chi connectivity index (χ1v) is 9.64. The number of aryl methyl sites for hydroxylation is 2. The van der Waals surface area contributed by atoms with Crippen LogP contribution >= 0.6 is 0 Å². The molecule has 1 amide bonds. The van der Waals surface area contributed by atoms with Gasteiger partial charge in [-0.25, -0.2) is 4.98 Å². The number of hydrogen-bond acceptors (Lipinski definition) is 4. The van der Waals surface area contributed by atoms with Gasteiger partial charge in [-0.15, -0.1) is 0 Å². The Morgan fingerprint density at radius 2 is 2.11 bits per heavy atom. The average molecular weight is 368 g/mol. The maximum atomic E-state index is 12.7. The number of carbonyl (C=O) groups is 1. The highest BCUT2D eigenvalue weighted by Crippen LogP contribution is 2.17. The van der Waals surface area contributed by atoms with E-state index in [2.05, 4.69) is 39.1 Å². The fraction of sp³-hybridized carbons (Fsp3) is 0.476. The van der Waals surface area contributed by atoms with E-state index in [0.29, 0.717) is 5.82 Å². The molecule has 6 heteroatoms. The molecule has 0 radical (unpaired) electrons. The van der Waals surface area contributed by atoms with E-state index in [9.17, 15) is 9.59 Å². The van der Waals surface area contributed by atoms with E-state index >= 15 is 0 Å². The van der Waals surface area contributed by atoms with Crippen molar-refractivity contribution < 1.29 is 4.79 Å². The number of likely N-dealkylation sites (tertiary alicyclic amines) is 1. The number of amides is 1. The van der Waals surface area contributed by atoms with Crippen LogP contribution in [0.15, 0.2) is 41.3 Å². The number of aromatic amines is 1. The minimum atomic E-state index is -0.366. The van der Waals surface area contributed by atoms with Gasteiger partial charge in [0.2, 0.25) is 0 Å². The van der Waals surface area contributed by atoms with Gasteiger partial charge in [0, 0.05) is 25.8 Å². The van der Waals surface area contributed by atoms with Gasteiger partial charge in [-0.3, -0.25) is 9.59 Å². The molecule has 1 aliphatic heterocycles. The maximum Gasteiger partial charge on any atom is 0.263 e. The third-order valence-electron chi connectivity index (χ3n) is 5.29. The van der Waals surface area contributed by atoms with E-state index in [0.717, 1.165) is 45.3 Å². The lowest BCUT2D eigenvalue weighted by atomic mass is 10.0. The molecule has 0 bridgehead atoms.